The Hall–Kier alpha value is -2.10. The number of rotatable bonds is 9. The first kappa shape index (κ1) is 22.6. The number of halogens is 1. The molecule has 1 aromatic heterocycles. The van der Waals surface area contributed by atoms with Gasteiger partial charge in [0.25, 0.3) is 0 Å². The van der Waals surface area contributed by atoms with Gasteiger partial charge in [-0.2, -0.15) is 4.31 Å². The molecular weight excluding hydrogens is 428 g/mol. The zero-order valence-electron chi connectivity index (χ0n) is 17.0. The second-order valence-corrected chi connectivity index (χ2v) is 9.52. The summed E-state index contributed by atoms with van der Waals surface area (Å²) in [5, 5.41) is 3.18. The molecule has 1 N–H and O–H groups in total. The third-order valence-corrected chi connectivity index (χ3v) is 7.20. The van der Waals surface area contributed by atoms with E-state index < -0.39 is 10.0 Å². The number of carbonyl (C=O) groups is 1. The molecule has 1 aliphatic heterocycles. The number of aromatic nitrogens is 2. The van der Waals surface area contributed by atoms with Gasteiger partial charge in [-0.25, -0.2) is 13.4 Å². The molecule has 2 heterocycles. The molecule has 164 valence electrons. The average Bonchev–Trinajstić information content (AvgIpc) is 3.26. The van der Waals surface area contributed by atoms with Crippen LogP contribution < -0.4 is 10.1 Å². The fourth-order valence-corrected chi connectivity index (χ4v) is 5.33. The SMILES string of the molecule is CCOc1ccc(S(=O)(=O)N2CCC[C@H](C(=O)NCCCn3ccnc3)C2)cc1Cl. The number of ether oxygens (including phenoxy) is 1. The zero-order valence-corrected chi connectivity index (χ0v) is 18.5. The molecule has 10 heteroatoms. The normalized spacial score (nSPS) is 17.6. The van der Waals surface area contributed by atoms with Crippen LogP contribution in [0.2, 0.25) is 5.02 Å². The molecular formula is C20H27ClN4O4S. The smallest absolute Gasteiger partial charge is 0.243 e. The quantitative estimate of drug-likeness (QED) is 0.587. The molecule has 8 nitrogen and oxygen atoms in total. The van der Waals surface area contributed by atoms with Gasteiger partial charge in [-0.05, 0) is 44.4 Å². The Labute approximate surface area is 182 Å². The van der Waals surface area contributed by atoms with Crippen molar-refractivity contribution in [1.82, 2.24) is 19.2 Å². The van der Waals surface area contributed by atoms with Crippen molar-refractivity contribution in [1.29, 1.82) is 0 Å². The number of benzene rings is 1. The standard InChI is InChI=1S/C20H27ClN4O4S/c1-2-29-19-7-6-17(13-18(19)21)30(27,28)25-11-3-5-16(14-25)20(26)23-8-4-10-24-12-9-22-15-24/h6-7,9,12-13,15-16H,2-5,8,10-11,14H2,1H3,(H,23,26)/t16-/m0/s1. The molecule has 1 aliphatic rings. The Morgan fingerprint density at radius 1 is 1.40 bits per heavy atom. The highest BCUT2D eigenvalue weighted by Crippen LogP contribution is 2.30. The molecule has 3 rings (SSSR count). The van der Waals surface area contributed by atoms with Gasteiger partial charge in [0.2, 0.25) is 15.9 Å². The summed E-state index contributed by atoms with van der Waals surface area (Å²) in [5.41, 5.74) is 0. The largest absolute Gasteiger partial charge is 0.492 e. The fraction of sp³-hybridized carbons (Fsp3) is 0.500. The summed E-state index contributed by atoms with van der Waals surface area (Å²) in [4.78, 5) is 16.6. The maximum Gasteiger partial charge on any atom is 0.243 e. The number of hydrogen-bond donors (Lipinski definition) is 1. The topological polar surface area (TPSA) is 93.5 Å². The fourth-order valence-electron chi connectivity index (χ4n) is 3.47. The van der Waals surface area contributed by atoms with Crippen molar-refractivity contribution >= 4 is 27.5 Å². The Morgan fingerprint density at radius 2 is 2.23 bits per heavy atom. The second-order valence-electron chi connectivity index (χ2n) is 7.17. The van der Waals surface area contributed by atoms with E-state index in [1.807, 2.05) is 17.7 Å². The predicted molar refractivity (Wildman–Crippen MR) is 114 cm³/mol. The van der Waals surface area contributed by atoms with Crippen molar-refractivity contribution < 1.29 is 17.9 Å². The second kappa shape index (κ2) is 10.3. The van der Waals surface area contributed by atoms with Crippen molar-refractivity contribution in [2.45, 2.75) is 37.6 Å². The molecule has 1 amide bonds. The molecule has 2 aromatic rings. The zero-order chi connectivity index (χ0) is 21.6. The number of amides is 1. The van der Waals surface area contributed by atoms with Crippen LogP contribution in [0.4, 0.5) is 0 Å². The Balaban J connectivity index is 1.57. The van der Waals surface area contributed by atoms with Crippen molar-refractivity contribution in [3.8, 4) is 5.75 Å². The third-order valence-electron chi connectivity index (χ3n) is 5.05. The number of nitrogens with zero attached hydrogens (tertiary/aromatic N) is 3. The number of nitrogens with one attached hydrogen (secondary N) is 1. The molecule has 0 radical (unpaired) electrons. The molecule has 0 aliphatic carbocycles. The number of hydrogen-bond acceptors (Lipinski definition) is 5. The van der Waals surface area contributed by atoms with Crippen LogP contribution in [-0.2, 0) is 21.4 Å². The summed E-state index contributed by atoms with van der Waals surface area (Å²) in [6.07, 6.45) is 7.41. The van der Waals surface area contributed by atoms with E-state index in [2.05, 4.69) is 10.3 Å². The van der Waals surface area contributed by atoms with Crippen molar-refractivity contribution in [2.24, 2.45) is 5.92 Å². The first-order valence-corrected chi connectivity index (χ1v) is 11.9. The number of piperidine rings is 1. The molecule has 30 heavy (non-hydrogen) atoms. The lowest BCUT2D eigenvalue weighted by Gasteiger charge is -2.31. The van der Waals surface area contributed by atoms with Crippen molar-refractivity contribution in [3.05, 3.63) is 41.9 Å². The van der Waals surface area contributed by atoms with Crippen LogP contribution in [0.5, 0.6) is 5.75 Å². The highest BCUT2D eigenvalue weighted by atomic mass is 35.5. The number of carbonyl (C=O) groups excluding carboxylic acids is 1. The van der Waals surface area contributed by atoms with Crippen LogP contribution in [0.1, 0.15) is 26.2 Å². The maximum atomic E-state index is 13.1. The van der Waals surface area contributed by atoms with Gasteiger partial charge in [-0.1, -0.05) is 11.6 Å². The number of sulfonamides is 1. The molecule has 0 spiro atoms. The van der Waals surface area contributed by atoms with Crippen LogP contribution in [0.3, 0.4) is 0 Å². The minimum atomic E-state index is -3.73. The minimum absolute atomic E-state index is 0.106. The highest BCUT2D eigenvalue weighted by molar-refractivity contribution is 7.89. The van der Waals surface area contributed by atoms with Crippen LogP contribution in [0.25, 0.3) is 0 Å². The van der Waals surface area contributed by atoms with E-state index in [4.69, 9.17) is 16.3 Å². The van der Waals surface area contributed by atoms with Crippen molar-refractivity contribution in [2.75, 3.05) is 26.2 Å². The molecule has 0 saturated carbocycles. The van der Waals surface area contributed by atoms with Gasteiger partial charge < -0.3 is 14.6 Å². The summed E-state index contributed by atoms with van der Waals surface area (Å²) in [5.74, 6) is -0.0186. The van der Waals surface area contributed by atoms with Gasteiger partial charge in [-0.3, -0.25) is 4.79 Å². The molecule has 0 unspecified atom stereocenters. The first-order valence-electron chi connectivity index (χ1n) is 10.1. The van der Waals surface area contributed by atoms with Crippen LogP contribution in [-0.4, -0.2) is 54.4 Å². The van der Waals surface area contributed by atoms with Gasteiger partial charge in [-0.15, -0.1) is 0 Å². The predicted octanol–water partition coefficient (Wildman–Crippen LogP) is 2.54. The lowest BCUT2D eigenvalue weighted by Crippen LogP contribution is -2.45. The number of aryl methyl sites for hydroxylation is 1. The van der Waals surface area contributed by atoms with Gasteiger partial charge in [0, 0.05) is 38.6 Å². The van der Waals surface area contributed by atoms with E-state index in [0.29, 0.717) is 38.3 Å². The molecule has 1 aromatic carbocycles. The third kappa shape index (κ3) is 5.53. The lowest BCUT2D eigenvalue weighted by molar-refractivity contribution is -0.126. The maximum absolute atomic E-state index is 13.1. The first-order chi connectivity index (χ1) is 14.4. The van der Waals surface area contributed by atoms with Crippen molar-refractivity contribution in [3.63, 3.8) is 0 Å². The van der Waals surface area contributed by atoms with E-state index >= 15 is 0 Å². The van der Waals surface area contributed by atoms with E-state index in [0.717, 1.165) is 13.0 Å². The van der Waals surface area contributed by atoms with Crippen LogP contribution in [0.15, 0.2) is 41.8 Å². The summed E-state index contributed by atoms with van der Waals surface area (Å²) >= 11 is 6.16. The Morgan fingerprint density at radius 3 is 2.93 bits per heavy atom. The van der Waals surface area contributed by atoms with Gasteiger partial charge in [0.05, 0.1) is 28.8 Å². The monoisotopic (exact) mass is 454 g/mol. The Bertz CT molecular complexity index is 950. The van der Waals surface area contributed by atoms with E-state index in [9.17, 15) is 13.2 Å². The summed E-state index contributed by atoms with van der Waals surface area (Å²) in [6, 6.07) is 4.46. The Kier molecular flexibility index (Phi) is 7.74. The minimum Gasteiger partial charge on any atom is -0.492 e. The average molecular weight is 455 g/mol. The summed E-state index contributed by atoms with van der Waals surface area (Å²) < 4.78 is 34.8. The highest BCUT2D eigenvalue weighted by Gasteiger charge is 2.33. The van der Waals surface area contributed by atoms with Crippen LogP contribution in [0, 0.1) is 5.92 Å². The van der Waals surface area contributed by atoms with Crippen LogP contribution >= 0.6 is 11.6 Å². The van der Waals surface area contributed by atoms with E-state index in [1.54, 1.807) is 18.6 Å². The van der Waals surface area contributed by atoms with Gasteiger partial charge in [0.15, 0.2) is 0 Å². The molecule has 0 bridgehead atoms. The summed E-state index contributed by atoms with van der Waals surface area (Å²) in [7, 11) is -3.73. The summed E-state index contributed by atoms with van der Waals surface area (Å²) in [6.45, 7) is 4.13. The molecule has 1 atom stereocenters. The lowest BCUT2D eigenvalue weighted by atomic mass is 9.99. The van der Waals surface area contributed by atoms with Gasteiger partial charge >= 0.3 is 0 Å². The molecule has 1 fully saturated rings. The molecule has 1 saturated heterocycles. The number of imidazole rings is 1. The van der Waals surface area contributed by atoms with E-state index in [1.165, 1.54) is 16.4 Å². The van der Waals surface area contributed by atoms with E-state index in [-0.39, 0.29) is 28.3 Å². The van der Waals surface area contributed by atoms with Gasteiger partial charge in [0.1, 0.15) is 5.75 Å².